The van der Waals surface area contributed by atoms with Gasteiger partial charge in [-0.1, -0.05) is 143 Å². The minimum absolute atomic E-state index is 0.00890. The lowest BCUT2D eigenvalue weighted by Gasteiger charge is -2.23. The average Bonchev–Trinajstić information content (AvgIpc) is 2.43. The van der Waals surface area contributed by atoms with Gasteiger partial charge in [-0.15, -0.1) is 10.2 Å². The Morgan fingerprint density at radius 2 is 0.857 bits per heavy atom. The zero-order valence-electron chi connectivity index (χ0n) is 9.71. The molecule has 1 aromatic rings. The van der Waals surface area contributed by atoms with E-state index in [9.17, 15) is 0 Å². The standard InChI is InChI=1S/C9H6Br9N3/c10-2(7(13)14)1-5(3(11)8(15)16)19-21-20-6(1)4(12)9(17)18/h2-4,7-9H. The number of nitrogens with zero attached hydrogens (tertiary/aromatic N) is 3. The second-order valence-corrected chi connectivity index (χ2v) is 16.2. The van der Waals surface area contributed by atoms with Gasteiger partial charge in [-0.05, 0) is 5.21 Å². The fourth-order valence-electron chi connectivity index (χ4n) is 1.41. The van der Waals surface area contributed by atoms with Gasteiger partial charge >= 0.3 is 0 Å². The van der Waals surface area contributed by atoms with Crippen molar-refractivity contribution in [2.45, 2.75) is 25.7 Å². The number of alkyl halides is 9. The molecule has 0 N–H and O–H groups in total. The van der Waals surface area contributed by atoms with Crippen molar-refractivity contribution in [1.29, 1.82) is 0 Å². The molecule has 0 bridgehead atoms. The van der Waals surface area contributed by atoms with E-state index >= 15 is 0 Å². The van der Waals surface area contributed by atoms with Gasteiger partial charge in [-0.2, -0.15) is 0 Å². The largest absolute Gasteiger partial charge is 0.134 e. The molecule has 0 spiro atoms. The van der Waals surface area contributed by atoms with Crippen molar-refractivity contribution in [2.24, 2.45) is 0 Å². The summed E-state index contributed by atoms with van der Waals surface area (Å²) in [5.41, 5.74) is 2.56. The van der Waals surface area contributed by atoms with E-state index in [-0.39, 0.29) is 25.7 Å². The number of halogens is 9. The molecule has 0 radical (unpaired) electrons. The molecule has 3 nitrogen and oxygen atoms in total. The summed E-state index contributed by atoms with van der Waals surface area (Å²) in [6, 6.07) is 0. The van der Waals surface area contributed by atoms with Crippen molar-refractivity contribution in [3.8, 4) is 0 Å². The van der Waals surface area contributed by atoms with E-state index in [0.29, 0.717) is 0 Å². The highest BCUT2D eigenvalue weighted by Crippen LogP contribution is 2.46. The van der Waals surface area contributed by atoms with Gasteiger partial charge in [0.25, 0.3) is 0 Å². The first-order chi connectivity index (χ1) is 9.68. The molecule has 0 aliphatic carbocycles. The fourth-order valence-corrected chi connectivity index (χ4v) is 4.09. The summed E-state index contributed by atoms with van der Waals surface area (Å²) in [5.74, 6) is 0. The first-order valence-corrected chi connectivity index (χ1v) is 13.4. The first-order valence-electron chi connectivity index (χ1n) is 5.18. The van der Waals surface area contributed by atoms with Crippen LogP contribution in [0.15, 0.2) is 0 Å². The topological polar surface area (TPSA) is 38.7 Å². The monoisotopic (exact) mass is 866 g/mol. The maximum absolute atomic E-state index is 4.21. The second-order valence-electron chi connectivity index (χ2n) is 3.68. The van der Waals surface area contributed by atoms with Crippen LogP contribution < -0.4 is 0 Å². The maximum atomic E-state index is 4.21. The summed E-state index contributed by atoms with van der Waals surface area (Å²) in [5, 5.41) is 12.3. The third kappa shape index (κ3) is 6.21. The number of hydrogen-bond acceptors (Lipinski definition) is 3. The maximum Gasteiger partial charge on any atom is 0.0879 e. The zero-order valence-corrected chi connectivity index (χ0v) is 24.0. The molecule has 0 aliphatic rings. The van der Waals surface area contributed by atoms with Crippen LogP contribution in [0.1, 0.15) is 31.4 Å². The summed E-state index contributed by atoms with van der Waals surface area (Å²) in [7, 11) is 0. The molecule has 1 rings (SSSR count). The molecular weight excluding hydrogens is 869 g/mol. The minimum Gasteiger partial charge on any atom is -0.134 e. The van der Waals surface area contributed by atoms with Crippen LogP contribution in [0.5, 0.6) is 0 Å². The predicted molar refractivity (Wildman–Crippen MR) is 120 cm³/mol. The lowest BCUT2D eigenvalue weighted by Crippen LogP contribution is -2.18. The van der Waals surface area contributed by atoms with Gasteiger partial charge in [0, 0.05) is 5.56 Å². The average molecular weight is 875 g/mol. The Hall–Kier alpha value is 3.33. The van der Waals surface area contributed by atoms with Crippen LogP contribution in [-0.4, -0.2) is 26.6 Å². The number of aromatic nitrogens is 3. The lowest BCUT2D eigenvalue weighted by atomic mass is 10.1. The van der Waals surface area contributed by atoms with Crippen molar-refractivity contribution in [2.75, 3.05) is 0 Å². The first kappa shape index (κ1) is 22.4. The third-order valence-corrected chi connectivity index (χ3v) is 12.7. The summed E-state index contributed by atoms with van der Waals surface area (Å²) in [4.78, 5) is -0.170. The van der Waals surface area contributed by atoms with E-state index in [4.69, 9.17) is 0 Å². The Morgan fingerprint density at radius 1 is 0.524 bits per heavy atom. The second kappa shape index (κ2) is 10.5. The molecule has 3 unspecified atom stereocenters. The van der Waals surface area contributed by atoms with Gasteiger partial charge in [0.2, 0.25) is 0 Å². The quantitative estimate of drug-likeness (QED) is 0.278. The smallest absolute Gasteiger partial charge is 0.0879 e. The summed E-state index contributed by atoms with van der Waals surface area (Å²) < 4.78 is 0.0327. The van der Waals surface area contributed by atoms with Gasteiger partial charge in [-0.25, -0.2) is 0 Å². The van der Waals surface area contributed by atoms with Gasteiger partial charge in [0.05, 0.1) is 37.1 Å². The Bertz CT molecular complexity index is 438. The summed E-state index contributed by atoms with van der Waals surface area (Å²) in [6.07, 6.45) is 0. The van der Waals surface area contributed by atoms with Crippen LogP contribution in [0.25, 0.3) is 0 Å². The van der Waals surface area contributed by atoms with Crippen molar-refractivity contribution in [1.82, 2.24) is 15.4 Å². The van der Waals surface area contributed by atoms with E-state index in [1.807, 2.05) is 0 Å². The Labute approximate surface area is 198 Å². The highest BCUT2D eigenvalue weighted by Gasteiger charge is 2.33. The number of rotatable bonds is 6. The molecule has 0 amide bonds. The van der Waals surface area contributed by atoms with Crippen molar-refractivity contribution < 1.29 is 0 Å². The van der Waals surface area contributed by atoms with E-state index < -0.39 is 0 Å². The van der Waals surface area contributed by atoms with Crippen LogP contribution in [-0.2, 0) is 0 Å². The molecule has 1 aromatic heterocycles. The van der Waals surface area contributed by atoms with Gasteiger partial charge in [-0.3, -0.25) is 0 Å². The summed E-state index contributed by atoms with van der Waals surface area (Å²) >= 11 is 32.0. The van der Waals surface area contributed by atoms with Crippen molar-refractivity contribution in [3.63, 3.8) is 0 Å². The fraction of sp³-hybridized carbons (Fsp3) is 0.667. The van der Waals surface area contributed by atoms with Gasteiger partial charge in [0.15, 0.2) is 0 Å². The predicted octanol–water partition coefficient (Wildman–Crippen LogP) is 7.53. The van der Waals surface area contributed by atoms with E-state index in [1.165, 1.54) is 0 Å². The van der Waals surface area contributed by atoms with Gasteiger partial charge < -0.3 is 0 Å². The lowest BCUT2D eigenvalue weighted by molar-refractivity contribution is 0.738. The molecule has 0 fully saturated rings. The van der Waals surface area contributed by atoms with Crippen LogP contribution in [0, 0.1) is 0 Å². The summed E-state index contributed by atoms with van der Waals surface area (Å²) in [6.45, 7) is 0. The van der Waals surface area contributed by atoms with Crippen molar-refractivity contribution >= 4 is 143 Å². The Kier molecular flexibility index (Phi) is 11.2. The van der Waals surface area contributed by atoms with Crippen LogP contribution in [0.4, 0.5) is 0 Å². The van der Waals surface area contributed by atoms with Crippen LogP contribution >= 0.6 is 143 Å². The van der Waals surface area contributed by atoms with Gasteiger partial charge in [0.1, 0.15) is 0 Å². The molecule has 120 valence electrons. The minimum atomic E-state index is -0.0654. The van der Waals surface area contributed by atoms with E-state index in [1.54, 1.807) is 0 Å². The molecule has 0 aliphatic heterocycles. The van der Waals surface area contributed by atoms with Crippen LogP contribution in [0.2, 0.25) is 0 Å². The molecule has 3 atom stereocenters. The number of hydrogen-bond donors (Lipinski definition) is 0. The Balaban J connectivity index is 3.48. The SMILES string of the molecule is BrC(Br)C(Br)c1nnnc(C(Br)C(Br)Br)c1C(Br)C(Br)Br. The third-order valence-electron chi connectivity index (χ3n) is 2.32. The molecular formula is C9H6Br9N3. The van der Waals surface area contributed by atoms with E-state index in [0.717, 1.165) is 17.0 Å². The highest BCUT2D eigenvalue weighted by atomic mass is 79.9. The van der Waals surface area contributed by atoms with Crippen molar-refractivity contribution in [3.05, 3.63) is 17.0 Å². The van der Waals surface area contributed by atoms with E-state index in [2.05, 4.69) is 159 Å². The molecule has 0 saturated heterocycles. The molecule has 0 aromatic carbocycles. The molecule has 0 saturated carbocycles. The highest BCUT2D eigenvalue weighted by molar-refractivity contribution is 9.26. The molecule has 12 heteroatoms. The zero-order chi connectivity index (χ0) is 16.3. The normalized spacial score (nSPS) is 16.6. The molecule has 21 heavy (non-hydrogen) atoms. The molecule has 1 heterocycles. The van der Waals surface area contributed by atoms with Crippen LogP contribution in [0.3, 0.4) is 0 Å². The Morgan fingerprint density at radius 3 is 1.14 bits per heavy atom.